The predicted octanol–water partition coefficient (Wildman–Crippen LogP) is 2.39. The SMILES string of the molecule is CC(C)(C)Oc1ccc(NC(=O)C2(S(C)(=O)=O)CCNCC2)cc1.Cl. The summed E-state index contributed by atoms with van der Waals surface area (Å²) in [7, 11) is -3.52. The number of amides is 1. The van der Waals surface area contributed by atoms with Crippen LogP contribution >= 0.6 is 12.4 Å². The Hall–Kier alpha value is -1.31. The Bertz CT molecular complexity index is 690. The zero-order valence-electron chi connectivity index (χ0n) is 15.1. The van der Waals surface area contributed by atoms with Crippen LogP contribution in [-0.4, -0.2) is 44.0 Å². The average Bonchev–Trinajstić information content (AvgIpc) is 2.47. The molecule has 2 rings (SSSR count). The van der Waals surface area contributed by atoms with Crippen LogP contribution in [0.2, 0.25) is 0 Å². The van der Waals surface area contributed by atoms with Gasteiger partial charge in [-0.15, -0.1) is 12.4 Å². The number of nitrogens with one attached hydrogen (secondary N) is 2. The average molecular weight is 391 g/mol. The van der Waals surface area contributed by atoms with E-state index >= 15 is 0 Å². The van der Waals surface area contributed by atoms with Gasteiger partial charge in [0.05, 0.1) is 0 Å². The molecule has 0 radical (unpaired) electrons. The van der Waals surface area contributed by atoms with Crippen LogP contribution in [0.5, 0.6) is 5.75 Å². The number of hydrogen-bond acceptors (Lipinski definition) is 5. The zero-order chi connectivity index (χ0) is 18.0. The van der Waals surface area contributed by atoms with Gasteiger partial charge >= 0.3 is 0 Å². The van der Waals surface area contributed by atoms with E-state index < -0.39 is 20.5 Å². The monoisotopic (exact) mass is 390 g/mol. The molecule has 1 saturated heterocycles. The summed E-state index contributed by atoms with van der Waals surface area (Å²) in [4.78, 5) is 12.7. The molecule has 0 unspecified atom stereocenters. The fourth-order valence-electron chi connectivity index (χ4n) is 2.80. The zero-order valence-corrected chi connectivity index (χ0v) is 16.7. The molecule has 142 valence electrons. The summed E-state index contributed by atoms with van der Waals surface area (Å²) in [6.45, 7) is 6.89. The van der Waals surface area contributed by atoms with Gasteiger partial charge in [-0.05, 0) is 71.0 Å². The minimum absolute atomic E-state index is 0. The maximum absolute atomic E-state index is 12.7. The van der Waals surface area contributed by atoms with Gasteiger partial charge in [-0.25, -0.2) is 8.42 Å². The second kappa shape index (κ2) is 7.93. The van der Waals surface area contributed by atoms with E-state index in [9.17, 15) is 13.2 Å². The van der Waals surface area contributed by atoms with E-state index in [1.807, 2.05) is 20.8 Å². The Morgan fingerprint density at radius 1 is 1.16 bits per heavy atom. The van der Waals surface area contributed by atoms with Crippen molar-refractivity contribution in [3.05, 3.63) is 24.3 Å². The second-order valence-electron chi connectivity index (χ2n) is 7.21. The van der Waals surface area contributed by atoms with Crippen molar-refractivity contribution < 1.29 is 17.9 Å². The topological polar surface area (TPSA) is 84.5 Å². The summed E-state index contributed by atoms with van der Waals surface area (Å²) in [6.07, 6.45) is 1.70. The third kappa shape index (κ3) is 5.33. The van der Waals surface area contributed by atoms with Gasteiger partial charge < -0.3 is 15.4 Å². The number of sulfone groups is 1. The van der Waals surface area contributed by atoms with Gasteiger partial charge in [-0.3, -0.25) is 4.79 Å². The van der Waals surface area contributed by atoms with Crippen molar-refractivity contribution in [2.45, 2.75) is 44.0 Å². The standard InChI is InChI=1S/C17H26N2O4S.ClH/c1-16(2,3)23-14-7-5-13(6-8-14)19-15(20)17(24(4,21)22)9-11-18-12-10-17;/h5-8,18H,9-12H2,1-4H3,(H,19,20);1H. The lowest BCUT2D eigenvalue weighted by atomic mass is 9.95. The Morgan fingerprint density at radius 3 is 2.12 bits per heavy atom. The first kappa shape index (κ1) is 21.7. The number of anilines is 1. The maximum Gasteiger partial charge on any atom is 0.245 e. The second-order valence-corrected chi connectivity index (χ2v) is 9.54. The summed E-state index contributed by atoms with van der Waals surface area (Å²) in [5.41, 5.74) is 0.253. The predicted molar refractivity (Wildman–Crippen MR) is 102 cm³/mol. The van der Waals surface area contributed by atoms with Gasteiger partial charge in [0.25, 0.3) is 0 Å². The molecular weight excluding hydrogens is 364 g/mol. The first-order valence-corrected chi connectivity index (χ1v) is 9.94. The number of carbonyl (C=O) groups is 1. The number of benzene rings is 1. The van der Waals surface area contributed by atoms with Gasteiger partial charge in [-0.2, -0.15) is 0 Å². The van der Waals surface area contributed by atoms with E-state index in [1.165, 1.54) is 0 Å². The van der Waals surface area contributed by atoms with Crippen LogP contribution in [0.4, 0.5) is 5.69 Å². The van der Waals surface area contributed by atoms with Gasteiger partial charge in [0.1, 0.15) is 11.4 Å². The van der Waals surface area contributed by atoms with E-state index in [2.05, 4.69) is 10.6 Å². The number of hydrogen-bond donors (Lipinski definition) is 2. The van der Waals surface area contributed by atoms with E-state index in [4.69, 9.17) is 4.74 Å². The molecule has 0 bridgehead atoms. The molecule has 1 fully saturated rings. The van der Waals surface area contributed by atoms with Gasteiger partial charge in [-0.1, -0.05) is 0 Å². The fourth-order valence-corrected chi connectivity index (χ4v) is 4.14. The van der Waals surface area contributed by atoms with Gasteiger partial charge in [0.2, 0.25) is 5.91 Å². The number of ether oxygens (including phenoxy) is 1. The van der Waals surface area contributed by atoms with Crippen LogP contribution in [0.3, 0.4) is 0 Å². The highest BCUT2D eigenvalue weighted by molar-refractivity contribution is 7.92. The highest BCUT2D eigenvalue weighted by Crippen LogP contribution is 2.30. The molecule has 0 spiro atoms. The largest absolute Gasteiger partial charge is 0.488 e. The van der Waals surface area contributed by atoms with Crippen molar-refractivity contribution in [1.29, 1.82) is 0 Å². The lowest BCUT2D eigenvalue weighted by molar-refractivity contribution is -0.119. The molecule has 0 aliphatic carbocycles. The Kier molecular flexibility index (Phi) is 6.89. The number of halogens is 1. The highest BCUT2D eigenvalue weighted by Gasteiger charge is 2.48. The van der Waals surface area contributed by atoms with E-state index in [0.29, 0.717) is 24.5 Å². The lowest BCUT2D eigenvalue weighted by Gasteiger charge is -2.34. The summed E-state index contributed by atoms with van der Waals surface area (Å²) in [6, 6.07) is 6.96. The van der Waals surface area contributed by atoms with Crippen LogP contribution in [0.1, 0.15) is 33.6 Å². The Labute approximate surface area is 156 Å². The molecule has 1 aromatic carbocycles. The fraction of sp³-hybridized carbons (Fsp3) is 0.588. The quantitative estimate of drug-likeness (QED) is 0.824. The van der Waals surface area contributed by atoms with Crippen molar-refractivity contribution >= 4 is 33.8 Å². The van der Waals surface area contributed by atoms with Crippen LogP contribution in [0, 0.1) is 0 Å². The smallest absolute Gasteiger partial charge is 0.245 e. The van der Waals surface area contributed by atoms with Crippen molar-refractivity contribution in [2.75, 3.05) is 24.7 Å². The first-order chi connectivity index (χ1) is 11.0. The Balaban J connectivity index is 0.00000312. The first-order valence-electron chi connectivity index (χ1n) is 8.04. The molecule has 25 heavy (non-hydrogen) atoms. The number of piperidine rings is 1. The number of carbonyl (C=O) groups excluding carboxylic acids is 1. The minimum Gasteiger partial charge on any atom is -0.488 e. The van der Waals surface area contributed by atoms with Crippen LogP contribution in [0.25, 0.3) is 0 Å². The van der Waals surface area contributed by atoms with Crippen molar-refractivity contribution in [1.82, 2.24) is 5.32 Å². The molecule has 6 nitrogen and oxygen atoms in total. The molecule has 1 aliphatic rings. The molecule has 1 amide bonds. The lowest BCUT2D eigenvalue weighted by Crippen LogP contribution is -2.55. The highest BCUT2D eigenvalue weighted by atomic mass is 35.5. The molecule has 0 atom stereocenters. The maximum atomic E-state index is 12.7. The number of rotatable bonds is 4. The molecule has 0 saturated carbocycles. The molecule has 1 aliphatic heterocycles. The van der Waals surface area contributed by atoms with Crippen LogP contribution in [-0.2, 0) is 14.6 Å². The summed E-state index contributed by atoms with van der Waals surface area (Å²) >= 11 is 0. The molecular formula is C17H27ClN2O4S. The molecule has 1 aromatic rings. The van der Waals surface area contributed by atoms with Crippen molar-refractivity contribution in [3.63, 3.8) is 0 Å². The van der Waals surface area contributed by atoms with Crippen molar-refractivity contribution in [2.24, 2.45) is 0 Å². The normalized spacial score (nSPS) is 17.3. The van der Waals surface area contributed by atoms with Crippen LogP contribution in [0.15, 0.2) is 24.3 Å². The Morgan fingerprint density at radius 2 is 1.68 bits per heavy atom. The summed E-state index contributed by atoms with van der Waals surface area (Å²) in [5.74, 6) is 0.233. The van der Waals surface area contributed by atoms with Gasteiger partial charge in [0, 0.05) is 11.9 Å². The van der Waals surface area contributed by atoms with Crippen LogP contribution < -0.4 is 15.4 Å². The summed E-state index contributed by atoms with van der Waals surface area (Å²) in [5, 5.41) is 5.85. The minimum atomic E-state index is -3.52. The molecule has 0 aromatic heterocycles. The van der Waals surface area contributed by atoms with E-state index in [-0.39, 0.29) is 30.8 Å². The van der Waals surface area contributed by atoms with E-state index in [1.54, 1.807) is 24.3 Å². The molecule has 2 N–H and O–H groups in total. The van der Waals surface area contributed by atoms with E-state index in [0.717, 1.165) is 6.26 Å². The van der Waals surface area contributed by atoms with Gasteiger partial charge in [0.15, 0.2) is 14.6 Å². The van der Waals surface area contributed by atoms with Crippen molar-refractivity contribution in [3.8, 4) is 5.75 Å². The summed E-state index contributed by atoms with van der Waals surface area (Å²) < 4.78 is 28.9. The third-order valence-corrected chi connectivity index (χ3v) is 6.08. The molecule has 8 heteroatoms. The third-order valence-electron chi connectivity index (χ3n) is 4.07. The molecule has 1 heterocycles.